The number of benzene rings is 1. The number of carbonyl (C=O) groups excluding carboxylic acids is 1. The van der Waals surface area contributed by atoms with Crippen LogP contribution >= 0.6 is 11.3 Å². The molecule has 1 amide bonds. The summed E-state index contributed by atoms with van der Waals surface area (Å²) in [4.78, 5) is 18.7. The summed E-state index contributed by atoms with van der Waals surface area (Å²) >= 11 is 1.53. The second-order valence-corrected chi connectivity index (χ2v) is 7.76. The fourth-order valence-corrected chi connectivity index (χ4v) is 4.17. The van der Waals surface area contributed by atoms with Gasteiger partial charge in [-0.2, -0.15) is 0 Å². The van der Waals surface area contributed by atoms with Crippen LogP contribution in [0.2, 0.25) is 0 Å². The van der Waals surface area contributed by atoms with Gasteiger partial charge in [-0.25, -0.2) is 4.98 Å². The van der Waals surface area contributed by atoms with Gasteiger partial charge in [0, 0.05) is 24.4 Å². The SMILES string of the molecule is Cc1ccc2nc(CCCNC(=O)c3ccc(C4CCCO4)s3)oc2c1. The molecule has 1 unspecified atom stereocenters. The molecule has 2 aromatic heterocycles. The molecule has 6 heteroatoms. The predicted molar refractivity (Wildman–Crippen MR) is 102 cm³/mol. The molecule has 4 rings (SSSR count). The first-order valence-corrected chi connectivity index (χ1v) is 9.86. The van der Waals surface area contributed by atoms with Crippen LogP contribution in [-0.2, 0) is 11.2 Å². The highest BCUT2D eigenvalue weighted by Crippen LogP contribution is 2.33. The third kappa shape index (κ3) is 3.81. The van der Waals surface area contributed by atoms with Crippen LogP contribution in [0.3, 0.4) is 0 Å². The van der Waals surface area contributed by atoms with Gasteiger partial charge in [-0.15, -0.1) is 11.3 Å². The zero-order chi connectivity index (χ0) is 17.9. The second-order valence-electron chi connectivity index (χ2n) is 6.64. The minimum absolute atomic E-state index is 0.0209. The average molecular weight is 370 g/mol. The fourth-order valence-electron chi connectivity index (χ4n) is 3.17. The fraction of sp³-hybridized carbons (Fsp3) is 0.400. The second kappa shape index (κ2) is 7.60. The van der Waals surface area contributed by atoms with E-state index in [2.05, 4.69) is 10.3 Å². The van der Waals surface area contributed by atoms with E-state index in [0.29, 0.717) is 13.0 Å². The van der Waals surface area contributed by atoms with Crippen LogP contribution in [-0.4, -0.2) is 24.0 Å². The molecule has 0 saturated carbocycles. The van der Waals surface area contributed by atoms with Gasteiger partial charge in [0.15, 0.2) is 11.5 Å². The molecule has 26 heavy (non-hydrogen) atoms. The molecular formula is C20H22N2O3S. The molecule has 1 atom stereocenters. The first-order chi connectivity index (χ1) is 12.7. The number of fused-ring (bicyclic) bond motifs is 1. The Morgan fingerprint density at radius 1 is 1.35 bits per heavy atom. The van der Waals surface area contributed by atoms with Gasteiger partial charge in [0.2, 0.25) is 0 Å². The van der Waals surface area contributed by atoms with Gasteiger partial charge in [0.05, 0.1) is 11.0 Å². The first-order valence-electron chi connectivity index (χ1n) is 9.04. The van der Waals surface area contributed by atoms with E-state index in [9.17, 15) is 4.79 Å². The first kappa shape index (κ1) is 17.2. The van der Waals surface area contributed by atoms with Crippen molar-refractivity contribution in [3.8, 4) is 0 Å². The van der Waals surface area contributed by atoms with E-state index in [1.807, 2.05) is 37.3 Å². The highest BCUT2D eigenvalue weighted by atomic mass is 32.1. The number of nitrogens with zero attached hydrogens (tertiary/aromatic N) is 1. The molecule has 1 aliphatic rings. The molecule has 136 valence electrons. The van der Waals surface area contributed by atoms with Crippen LogP contribution < -0.4 is 5.32 Å². The maximum absolute atomic E-state index is 12.3. The number of oxazole rings is 1. The van der Waals surface area contributed by atoms with Crippen LogP contribution in [0.1, 0.15) is 51.4 Å². The Hall–Kier alpha value is -2.18. The smallest absolute Gasteiger partial charge is 0.261 e. The number of amides is 1. The normalized spacial score (nSPS) is 17.0. The predicted octanol–water partition coefficient (Wildman–Crippen LogP) is 4.41. The molecule has 3 heterocycles. The summed E-state index contributed by atoms with van der Waals surface area (Å²) in [6.07, 6.45) is 3.82. The Bertz CT molecular complexity index is 909. The number of rotatable bonds is 6. The Morgan fingerprint density at radius 2 is 2.27 bits per heavy atom. The zero-order valence-electron chi connectivity index (χ0n) is 14.8. The summed E-state index contributed by atoms with van der Waals surface area (Å²) < 4.78 is 11.4. The van der Waals surface area contributed by atoms with Crippen molar-refractivity contribution in [3.63, 3.8) is 0 Å². The standard InChI is InChI=1S/C20H22N2O3S/c1-13-6-7-14-16(12-13)25-19(22-14)5-2-10-21-20(23)18-9-8-17(26-18)15-4-3-11-24-15/h6-9,12,15H,2-5,10-11H2,1H3,(H,21,23). The highest BCUT2D eigenvalue weighted by Gasteiger charge is 2.20. The molecule has 1 fully saturated rings. The number of hydrogen-bond donors (Lipinski definition) is 1. The van der Waals surface area contributed by atoms with Crippen molar-refractivity contribution in [1.29, 1.82) is 0 Å². The lowest BCUT2D eigenvalue weighted by Crippen LogP contribution is -2.23. The van der Waals surface area contributed by atoms with Gasteiger partial charge in [-0.3, -0.25) is 4.79 Å². The molecule has 5 nitrogen and oxygen atoms in total. The lowest BCUT2D eigenvalue weighted by Gasteiger charge is -2.05. The Kier molecular flexibility index (Phi) is 5.04. The molecule has 0 bridgehead atoms. The van der Waals surface area contributed by atoms with E-state index in [0.717, 1.165) is 58.2 Å². The molecule has 0 aliphatic carbocycles. The van der Waals surface area contributed by atoms with Crippen LogP contribution in [0.25, 0.3) is 11.1 Å². The monoisotopic (exact) mass is 370 g/mol. The maximum atomic E-state index is 12.3. The van der Waals surface area contributed by atoms with E-state index >= 15 is 0 Å². The largest absolute Gasteiger partial charge is 0.441 e. The third-order valence-electron chi connectivity index (χ3n) is 4.54. The van der Waals surface area contributed by atoms with Gasteiger partial charge >= 0.3 is 0 Å². The van der Waals surface area contributed by atoms with E-state index in [4.69, 9.17) is 9.15 Å². The van der Waals surface area contributed by atoms with Crippen molar-refractivity contribution in [1.82, 2.24) is 10.3 Å². The Labute approximate surface area is 156 Å². The van der Waals surface area contributed by atoms with Crippen molar-refractivity contribution >= 4 is 28.3 Å². The number of aryl methyl sites for hydroxylation is 2. The summed E-state index contributed by atoms with van der Waals surface area (Å²) in [5, 5.41) is 2.98. The van der Waals surface area contributed by atoms with E-state index in [1.165, 1.54) is 11.3 Å². The lowest BCUT2D eigenvalue weighted by atomic mass is 10.2. The molecule has 1 aromatic carbocycles. The van der Waals surface area contributed by atoms with E-state index in [-0.39, 0.29) is 12.0 Å². The average Bonchev–Trinajstić information content (AvgIpc) is 3.37. The number of nitrogens with one attached hydrogen (secondary N) is 1. The number of hydrogen-bond acceptors (Lipinski definition) is 5. The number of thiophene rings is 1. The van der Waals surface area contributed by atoms with Gasteiger partial charge in [0.1, 0.15) is 5.52 Å². The Morgan fingerprint density at radius 3 is 3.12 bits per heavy atom. The molecule has 0 spiro atoms. The quantitative estimate of drug-likeness (QED) is 0.653. The summed E-state index contributed by atoms with van der Waals surface area (Å²) in [5.74, 6) is 0.698. The summed E-state index contributed by atoms with van der Waals surface area (Å²) in [6, 6.07) is 9.90. The van der Waals surface area contributed by atoms with E-state index in [1.54, 1.807) is 0 Å². The number of carbonyl (C=O) groups is 1. The minimum atomic E-state index is -0.0209. The number of ether oxygens (including phenoxy) is 1. The molecule has 1 aliphatic heterocycles. The highest BCUT2D eigenvalue weighted by molar-refractivity contribution is 7.14. The van der Waals surface area contributed by atoms with Gasteiger partial charge in [-0.05, 0) is 56.0 Å². The van der Waals surface area contributed by atoms with Crippen LogP contribution in [0, 0.1) is 6.92 Å². The summed E-state index contributed by atoms with van der Waals surface area (Å²) in [7, 11) is 0. The van der Waals surface area contributed by atoms with Crippen molar-refractivity contribution in [3.05, 3.63) is 51.5 Å². The molecular weight excluding hydrogens is 348 g/mol. The van der Waals surface area contributed by atoms with Crippen molar-refractivity contribution < 1.29 is 13.9 Å². The van der Waals surface area contributed by atoms with Crippen LogP contribution in [0.15, 0.2) is 34.7 Å². The van der Waals surface area contributed by atoms with Crippen LogP contribution in [0.5, 0.6) is 0 Å². The molecule has 0 radical (unpaired) electrons. The third-order valence-corrected chi connectivity index (χ3v) is 5.71. The zero-order valence-corrected chi connectivity index (χ0v) is 15.6. The van der Waals surface area contributed by atoms with Crippen molar-refractivity contribution in [2.75, 3.05) is 13.2 Å². The molecule has 1 saturated heterocycles. The van der Waals surface area contributed by atoms with E-state index < -0.39 is 0 Å². The topological polar surface area (TPSA) is 64.4 Å². The van der Waals surface area contributed by atoms with Crippen LogP contribution in [0.4, 0.5) is 0 Å². The molecule has 3 aromatic rings. The molecule has 1 N–H and O–H groups in total. The van der Waals surface area contributed by atoms with Gasteiger partial charge in [-0.1, -0.05) is 6.07 Å². The minimum Gasteiger partial charge on any atom is -0.441 e. The van der Waals surface area contributed by atoms with Crippen molar-refractivity contribution in [2.45, 2.75) is 38.7 Å². The maximum Gasteiger partial charge on any atom is 0.261 e. The lowest BCUT2D eigenvalue weighted by molar-refractivity contribution is 0.0957. The number of aromatic nitrogens is 1. The van der Waals surface area contributed by atoms with Crippen molar-refractivity contribution in [2.24, 2.45) is 0 Å². The van der Waals surface area contributed by atoms with Gasteiger partial charge in [0.25, 0.3) is 5.91 Å². The summed E-state index contributed by atoms with van der Waals surface area (Å²) in [6.45, 7) is 3.45. The summed E-state index contributed by atoms with van der Waals surface area (Å²) in [5.41, 5.74) is 2.87. The Balaban J connectivity index is 1.26. The van der Waals surface area contributed by atoms with Gasteiger partial charge < -0.3 is 14.5 Å².